The summed E-state index contributed by atoms with van der Waals surface area (Å²) >= 11 is 0. The Hall–Kier alpha value is -1.69. The van der Waals surface area contributed by atoms with Gasteiger partial charge in [0.2, 0.25) is 0 Å². The SMILES string of the molecule is NCC(O)C(O)c1ccc2occc(=O)c2c1. The van der Waals surface area contributed by atoms with Crippen molar-refractivity contribution in [3.63, 3.8) is 0 Å². The highest BCUT2D eigenvalue weighted by Crippen LogP contribution is 2.20. The Bertz CT molecular complexity index is 578. The summed E-state index contributed by atoms with van der Waals surface area (Å²) < 4.78 is 5.15. The predicted octanol–water partition coefficient (Wildman–Crippen LogP) is 0.146. The minimum atomic E-state index is -1.11. The molecule has 1 aromatic heterocycles. The van der Waals surface area contributed by atoms with Crippen LogP contribution in [-0.2, 0) is 0 Å². The van der Waals surface area contributed by atoms with Crippen LogP contribution < -0.4 is 11.2 Å². The Morgan fingerprint density at radius 3 is 2.76 bits per heavy atom. The molecule has 0 fully saturated rings. The maximum atomic E-state index is 11.6. The molecule has 1 aromatic carbocycles. The molecule has 0 radical (unpaired) electrons. The van der Waals surface area contributed by atoms with Gasteiger partial charge in [-0.15, -0.1) is 0 Å². The third kappa shape index (κ3) is 2.21. The summed E-state index contributed by atoms with van der Waals surface area (Å²) in [6, 6.07) is 5.98. The summed E-state index contributed by atoms with van der Waals surface area (Å²) in [4.78, 5) is 11.6. The number of benzene rings is 1. The average molecular weight is 235 g/mol. The fourth-order valence-electron chi connectivity index (χ4n) is 1.64. The van der Waals surface area contributed by atoms with Crippen molar-refractivity contribution in [2.45, 2.75) is 12.2 Å². The minimum absolute atomic E-state index is 0.0530. The van der Waals surface area contributed by atoms with Crippen LogP contribution in [0.2, 0.25) is 0 Å². The van der Waals surface area contributed by atoms with Crippen LogP contribution in [0, 0.1) is 0 Å². The van der Waals surface area contributed by atoms with E-state index in [1.807, 2.05) is 0 Å². The van der Waals surface area contributed by atoms with E-state index in [9.17, 15) is 15.0 Å². The predicted molar refractivity (Wildman–Crippen MR) is 62.5 cm³/mol. The van der Waals surface area contributed by atoms with Crippen LogP contribution in [0.25, 0.3) is 11.0 Å². The zero-order valence-electron chi connectivity index (χ0n) is 9.04. The van der Waals surface area contributed by atoms with Crippen molar-refractivity contribution in [3.05, 3.63) is 46.3 Å². The number of hydrogen-bond acceptors (Lipinski definition) is 5. The van der Waals surface area contributed by atoms with E-state index < -0.39 is 12.2 Å². The van der Waals surface area contributed by atoms with Crippen LogP contribution in [0.3, 0.4) is 0 Å². The molecule has 4 N–H and O–H groups in total. The Balaban J connectivity index is 2.51. The first-order valence-corrected chi connectivity index (χ1v) is 5.21. The lowest BCUT2D eigenvalue weighted by Crippen LogP contribution is -2.27. The molecule has 5 nitrogen and oxygen atoms in total. The third-order valence-corrected chi connectivity index (χ3v) is 2.63. The maximum Gasteiger partial charge on any atom is 0.192 e. The molecule has 0 aliphatic carbocycles. The molecule has 90 valence electrons. The molecule has 17 heavy (non-hydrogen) atoms. The van der Waals surface area contributed by atoms with Gasteiger partial charge in [0.25, 0.3) is 0 Å². The molecule has 2 atom stereocenters. The minimum Gasteiger partial charge on any atom is -0.464 e. The van der Waals surface area contributed by atoms with Crippen molar-refractivity contribution in [1.82, 2.24) is 0 Å². The van der Waals surface area contributed by atoms with Crippen LogP contribution in [0.4, 0.5) is 0 Å². The summed E-state index contributed by atoms with van der Waals surface area (Å²) in [6.45, 7) is -0.0530. The number of aliphatic hydroxyl groups is 2. The van der Waals surface area contributed by atoms with Gasteiger partial charge in [0.1, 0.15) is 11.7 Å². The highest BCUT2D eigenvalue weighted by atomic mass is 16.3. The average Bonchev–Trinajstić information content (AvgIpc) is 2.37. The lowest BCUT2D eigenvalue weighted by molar-refractivity contribution is 0.0244. The fourth-order valence-corrected chi connectivity index (χ4v) is 1.64. The van der Waals surface area contributed by atoms with Gasteiger partial charge in [0, 0.05) is 12.6 Å². The third-order valence-electron chi connectivity index (χ3n) is 2.63. The Morgan fingerprint density at radius 1 is 1.29 bits per heavy atom. The molecular weight excluding hydrogens is 222 g/mol. The Morgan fingerprint density at radius 2 is 2.06 bits per heavy atom. The van der Waals surface area contributed by atoms with Crippen molar-refractivity contribution in [1.29, 1.82) is 0 Å². The van der Waals surface area contributed by atoms with E-state index in [2.05, 4.69) is 0 Å². The van der Waals surface area contributed by atoms with Crippen LogP contribution in [0.5, 0.6) is 0 Å². The van der Waals surface area contributed by atoms with Gasteiger partial charge in [-0.05, 0) is 17.7 Å². The van der Waals surface area contributed by atoms with Gasteiger partial charge in [0.15, 0.2) is 5.43 Å². The van der Waals surface area contributed by atoms with Crippen molar-refractivity contribution < 1.29 is 14.6 Å². The second-order valence-electron chi connectivity index (χ2n) is 3.79. The van der Waals surface area contributed by atoms with E-state index in [4.69, 9.17) is 10.2 Å². The van der Waals surface area contributed by atoms with Gasteiger partial charge in [-0.25, -0.2) is 0 Å². The van der Waals surface area contributed by atoms with Crippen molar-refractivity contribution in [2.24, 2.45) is 5.73 Å². The zero-order chi connectivity index (χ0) is 12.4. The number of aliphatic hydroxyl groups excluding tert-OH is 2. The first-order chi connectivity index (χ1) is 8.13. The largest absolute Gasteiger partial charge is 0.464 e. The van der Waals surface area contributed by atoms with Crippen molar-refractivity contribution in [2.75, 3.05) is 6.54 Å². The molecule has 0 amide bonds. The topological polar surface area (TPSA) is 96.7 Å². The Labute approximate surface area is 97.1 Å². The van der Waals surface area contributed by atoms with E-state index in [-0.39, 0.29) is 12.0 Å². The maximum absolute atomic E-state index is 11.6. The van der Waals surface area contributed by atoms with Crippen LogP contribution in [0.15, 0.2) is 39.7 Å². The number of fused-ring (bicyclic) bond motifs is 1. The highest BCUT2D eigenvalue weighted by molar-refractivity contribution is 5.76. The van der Waals surface area contributed by atoms with Gasteiger partial charge in [-0.3, -0.25) is 4.79 Å². The lowest BCUT2D eigenvalue weighted by atomic mass is 10.0. The van der Waals surface area contributed by atoms with Crippen LogP contribution in [-0.4, -0.2) is 22.9 Å². The molecule has 2 rings (SSSR count). The van der Waals surface area contributed by atoms with Crippen LogP contribution in [0.1, 0.15) is 11.7 Å². The molecule has 1 heterocycles. The smallest absolute Gasteiger partial charge is 0.192 e. The van der Waals surface area contributed by atoms with Crippen molar-refractivity contribution >= 4 is 11.0 Å². The number of hydrogen-bond donors (Lipinski definition) is 3. The molecule has 2 aromatic rings. The zero-order valence-corrected chi connectivity index (χ0v) is 9.04. The molecule has 0 aliphatic rings. The summed E-state index contributed by atoms with van der Waals surface area (Å²) in [6.07, 6.45) is -0.845. The second-order valence-corrected chi connectivity index (χ2v) is 3.79. The monoisotopic (exact) mass is 235 g/mol. The lowest BCUT2D eigenvalue weighted by Gasteiger charge is -2.16. The number of nitrogens with two attached hydrogens (primary N) is 1. The van der Waals surface area contributed by atoms with Crippen LogP contribution >= 0.6 is 0 Å². The summed E-state index contributed by atoms with van der Waals surface area (Å²) in [5, 5.41) is 19.6. The highest BCUT2D eigenvalue weighted by Gasteiger charge is 2.17. The van der Waals surface area contributed by atoms with E-state index >= 15 is 0 Å². The quantitative estimate of drug-likeness (QED) is 0.703. The fraction of sp³-hybridized carbons (Fsp3) is 0.250. The molecular formula is C12H13NO4. The Kier molecular flexibility index (Phi) is 3.23. The van der Waals surface area contributed by atoms with Gasteiger partial charge < -0.3 is 20.4 Å². The molecule has 0 spiro atoms. The van der Waals surface area contributed by atoms with E-state index in [0.29, 0.717) is 16.5 Å². The first-order valence-electron chi connectivity index (χ1n) is 5.21. The molecule has 5 heteroatoms. The molecule has 0 saturated carbocycles. The summed E-state index contributed by atoms with van der Waals surface area (Å²) in [5.74, 6) is 0. The number of rotatable bonds is 3. The van der Waals surface area contributed by atoms with E-state index in [1.54, 1.807) is 12.1 Å². The second kappa shape index (κ2) is 4.67. The van der Waals surface area contributed by atoms with Gasteiger partial charge >= 0.3 is 0 Å². The van der Waals surface area contributed by atoms with E-state index in [1.165, 1.54) is 18.4 Å². The molecule has 0 bridgehead atoms. The summed E-state index contributed by atoms with van der Waals surface area (Å²) in [5.41, 5.74) is 5.95. The normalized spacial score (nSPS) is 14.8. The van der Waals surface area contributed by atoms with Gasteiger partial charge in [0.05, 0.1) is 17.8 Å². The van der Waals surface area contributed by atoms with Crippen molar-refractivity contribution in [3.8, 4) is 0 Å². The van der Waals surface area contributed by atoms with Gasteiger partial charge in [-0.2, -0.15) is 0 Å². The molecule has 0 saturated heterocycles. The van der Waals surface area contributed by atoms with Gasteiger partial charge in [-0.1, -0.05) is 6.07 Å². The molecule has 2 unspecified atom stereocenters. The standard InChI is InChI=1S/C12H13NO4/c13-6-10(15)12(16)7-1-2-11-8(5-7)9(14)3-4-17-11/h1-5,10,12,15-16H,6,13H2. The molecule has 0 aliphatic heterocycles. The first kappa shape index (κ1) is 11.8. The van der Waals surface area contributed by atoms with E-state index in [0.717, 1.165) is 0 Å². The summed E-state index contributed by atoms with van der Waals surface area (Å²) in [7, 11) is 0.